The highest BCUT2D eigenvalue weighted by molar-refractivity contribution is 8.18. The zero-order valence-corrected chi connectivity index (χ0v) is 18.8. The highest BCUT2D eigenvalue weighted by Gasteiger charge is 2.24. The van der Waals surface area contributed by atoms with Crippen molar-refractivity contribution < 1.29 is 9.53 Å². The Balaban J connectivity index is 1.43. The van der Waals surface area contributed by atoms with E-state index in [1.807, 2.05) is 86.7 Å². The lowest BCUT2D eigenvalue weighted by atomic mass is 10.1. The first kappa shape index (κ1) is 21.2. The Morgan fingerprint density at radius 3 is 2.61 bits per heavy atom. The molecule has 0 radical (unpaired) electrons. The van der Waals surface area contributed by atoms with E-state index < -0.39 is 0 Å². The molecule has 1 amide bonds. The molecule has 1 aliphatic rings. The van der Waals surface area contributed by atoms with Gasteiger partial charge >= 0.3 is 0 Å². The molecule has 4 rings (SSSR count). The van der Waals surface area contributed by atoms with Crippen LogP contribution in [0.5, 0.6) is 5.75 Å². The summed E-state index contributed by atoms with van der Waals surface area (Å²) in [5.41, 5.74) is 4.91. The molecule has 3 aromatic rings. The molecule has 0 bridgehead atoms. The van der Waals surface area contributed by atoms with Gasteiger partial charge in [0.1, 0.15) is 12.4 Å². The highest BCUT2D eigenvalue weighted by Crippen LogP contribution is 2.30. The van der Waals surface area contributed by atoms with Crippen LogP contribution in [0.3, 0.4) is 0 Å². The Bertz CT molecular complexity index is 1190. The number of rotatable bonds is 5. The topological polar surface area (TPSA) is 50.7 Å². The van der Waals surface area contributed by atoms with Crippen molar-refractivity contribution in [2.75, 3.05) is 0 Å². The smallest absolute Gasteiger partial charge is 0.264 e. The number of aliphatic imine (C=N–C) groups is 1. The van der Waals surface area contributed by atoms with Crippen molar-refractivity contribution in [2.24, 2.45) is 4.99 Å². The summed E-state index contributed by atoms with van der Waals surface area (Å²) in [7, 11) is 0. The molecule has 0 aromatic heterocycles. The van der Waals surface area contributed by atoms with Crippen LogP contribution in [-0.2, 0) is 11.4 Å². The summed E-state index contributed by atoms with van der Waals surface area (Å²) in [6, 6.07) is 21.3. The van der Waals surface area contributed by atoms with Crippen molar-refractivity contribution in [1.82, 2.24) is 5.32 Å². The number of hydrogen-bond donors (Lipinski definition) is 1. The normalized spacial score (nSPS) is 16.0. The summed E-state index contributed by atoms with van der Waals surface area (Å²) in [6.45, 7) is 4.43. The number of benzene rings is 3. The van der Waals surface area contributed by atoms with E-state index in [2.05, 4.69) is 10.3 Å². The van der Waals surface area contributed by atoms with E-state index in [0.29, 0.717) is 21.7 Å². The predicted molar refractivity (Wildman–Crippen MR) is 129 cm³/mol. The second-order valence-corrected chi connectivity index (χ2v) is 8.66. The minimum absolute atomic E-state index is 0.145. The van der Waals surface area contributed by atoms with Crippen LogP contribution in [0.4, 0.5) is 5.69 Å². The molecule has 1 fully saturated rings. The zero-order valence-electron chi connectivity index (χ0n) is 17.2. The molecule has 4 nitrogen and oxygen atoms in total. The maximum Gasteiger partial charge on any atom is 0.264 e. The number of carbonyl (C=O) groups is 1. The van der Waals surface area contributed by atoms with E-state index in [1.165, 1.54) is 11.8 Å². The molecular weight excluding hydrogens is 428 g/mol. The monoisotopic (exact) mass is 448 g/mol. The van der Waals surface area contributed by atoms with Gasteiger partial charge in [0.25, 0.3) is 5.91 Å². The third-order valence-electron chi connectivity index (χ3n) is 4.77. The van der Waals surface area contributed by atoms with Gasteiger partial charge in [-0.3, -0.25) is 4.79 Å². The van der Waals surface area contributed by atoms with Gasteiger partial charge < -0.3 is 10.1 Å². The van der Waals surface area contributed by atoms with Crippen LogP contribution in [0.25, 0.3) is 6.08 Å². The Labute approximate surface area is 191 Å². The van der Waals surface area contributed by atoms with E-state index >= 15 is 0 Å². The molecule has 0 aliphatic carbocycles. The zero-order chi connectivity index (χ0) is 21.8. The van der Waals surface area contributed by atoms with Crippen molar-refractivity contribution in [3.05, 3.63) is 98.9 Å². The molecule has 6 heteroatoms. The number of nitrogens with one attached hydrogen (secondary N) is 1. The summed E-state index contributed by atoms with van der Waals surface area (Å²) < 4.78 is 5.81. The second-order valence-electron chi connectivity index (χ2n) is 7.22. The number of halogens is 1. The molecular formula is C25H21ClN2O2S. The minimum Gasteiger partial charge on any atom is -0.489 e. The third kappa shape index (κ3) is 5.37. The van der Waals surface area contributed by atoms with E-state index in [4.69, 9.17) is 16.3 Å². The molecule has 31 heavy (non-hydrogen) atoms. The molecule has 1 saturated heterocycles. The predicted octanol–water partition coefficient (Wildman–Crippen LogP) is 6.43. The molecule has 156 valence electrons. The van der Waals surface area contributed by atoms with Gasteiger partial charge in [0.05, 0.1) is 10.6 Å². The van der Waals surface area contributed by atoms with Gasteiger partial charge in [-0.2, -0.15) is 0 Å². The number of nitrogens with zero attached hydrogens (tertiary/aromatic N) is 1. The first-order valence-electron chi connectivity index (χ1n) is 9.81. The minimum atomic E-state index is -0.145. The summed E-state index contributed by atoms with van der Waals surface area (Å²) in [4.78, 5) is 17.6. The number of amides is 1. The quantitative estimate of drug-likeness (QED) is 0.457. The lowest BCUT2D eigenvalue weighted by Crippen LogP contribution is -2.19. The van der Waals surface area contributed by atoms with E-state index in [9.17, 15) is 4.79 Å². The number of thioether (sulfide) groups is 1. The van der Waals surface area contributed by atoms with Crippen LogP contribution in [0, 0.1) is 13.8 Å². The summed E-state index contributed by atoms with van der Waals surface area (Å²) >= 11 is 7.51. The fourth-order valence-corrected chi connectivity index (χ4v) is 4.04. The van der Waals surface area contributed by atoms with Gasteiger partial charge in [0.2, 0.25) is 0 Å². The van der Waals surface area contributed by atoms with Gasteiger partial charge in [-0.1, -0.05) is 54.1 Å². The standard InChI is InChI=1S/C25H21ClN2O2S/c1-16-7-8-17(2)22(13-16)27-25-28-24(29)23(31-25)14-18-9-11-20(12-10-18)30-15-19-5-3-4-6-21(19)26/h3-14H,15H2,1-2H3,(H,27,28,29)/b23-14-. The number of amidine groups is 1. The molecule has 0 unspecified atom stereocenters. The Hall–Kier alpha value is -3.02. The summed E-state index contributed by atoms with van der Waals surface area (Å²) in [6.07, 6.45) is 1.85. The molecule has 1 N–H and O–H groups in total. The van der Waals surface area contributed by atoms with E-state index in [0.717, 1.165) is 33.7 Å². The highest BCUT2D eigenvalue weighted by atomic mass is 35.5. The van der Waals surface area contributed by atoms with Crippen LogP contribution in [-0.4, -0.2) is 11.1 Å². The lowest BCUT2D eigenvalue weighted by Gasteiger charge is -2.08. The van der Waals surface area contributed by atoms with Crippen LogP contribution < -0.4 is 10.1 Å². The van der Waals surface area contributed by atoms with Gasteiger partial charge in [-0.15, -0.1) is 0 Å². The first-order valence-corrected chi connectivity index (χ1v) is 11.0. The number of carbonyl (C=O) groups excluding carboxylic acids is 1. The van der Waals surface area contributed by atoms with Gasteiger partial charge in [0.15, 0.2) is 5.17 Å². The average molecular weight is 449 g/mol. The van der Waals surface area contributed by atoms with Crippen LogP contribution in [0.15, 0.2) is 76.6 Å². The largest absolute Gasteiger partial charge is 0.489 e. The Kier molecular flexibility index (Phi) is 6.44. The number of ether oxygens (including phenoxy) is 1. The van der Waals surface area contributed by atoms with Gasteiger partial charge in [-0.05, 0) is 72.6 Å². The fraction of sp³-hybridized carbons (Fsp3) is 0.120. The lowest BCUT2D eigenvalue weighted by molar-refractivity contribution is -0.115. The second kappa shape index (κ2) is 9.41. The van der Waals surface area contributed by atoms with Crippen LogP contribution in [0.1, 0.15) is 22.3 Å². The van der Waals surface area contributed by atoms with Gasteiger partial charge in [0, 0.05) is 10.6 Å². The molecule has 1 aliphatic heterocycles. The average Bonchev–Trinajstić information content (AvgIpc) is 3.10. The SMILES string of the molecule is Cc1ccc(C)c(N=C2NC(=O)/C(=C/c3ccc(OCc4ccccc4Cl)cc3)S2)c1. The van der Waals surface area contributed by atoms with E-state index in [1.54, 1.807) is 0 Å². The van der Waals surface area contributed by atoms with E-state index in [-0.39, 0.29) is 5.91 Å². The molecule has 0 saturated carbocycles. The molecule has 3 aromatic carbocycles. The maximum atomic E-state index is 12.4. The third-order valence-corrected chi connectivity index (χ3v) is 6.05. The van der Waals surface area contributed by atoms with Crippen LogP contribution in [0.2, 0.25) is 5.02 Å². The van der Waals surface area contributed by atoms with Crippen molar-refractivity contribution >= 4 is 46.2 Å². The maximum absolute atomic E-state index is 12.4. The Morgan fingerprint density at radius 1 is 1.06 bits per heavy atom. The first-order chi connectivity index (χ1) is 15.0. The van der Waals surface area contributed by atoms with Crippen molar-refractivity contribution in [3.8, 4) is 5.75 Å². The van der Waals surface area contributed by atoms with Crippen molar-refractivity contribution in [3.63, 3.8) is 0 Å². The molecule has 1 heterocycles. The number of aryl methyl sites for hydroxylation is 2. The van der Waals surface area contributed by atoms with Crippen LogP contribution >= 0.6 is 23.4 Å². The Morgan fingerprint density at radius 2 is 1.84 bits per heavy atom. The molecule has 0 atom stereocenters. The van der Waals surface area contributed by atoms with Gasteiger partial charge in [-0.25, -0.2) is 4.99 Å². The summed E-state index contributed by atoms with van der Waals surface area (Å²) in [5.74, 6) is 0.593. The number of hydrogen-bond acceptors (Lipinski definition) is 4. The summed E-state index contributed by atoms with van der Waals surface area (Å²) in [5, 5.41) is 4.12. The molecule has 0 spiro atoms. The fourth-order valence-electron chi connectivity index (χ4n) is 3.02. The van der Waals surface area contributed by atoms with Crippen molar-refractivity contribution in [2.45, 2.75) is 20.5 Å². The van der Waals surface area contributed by atoms with Crippen molar-refractivity contribution in [1.29, 1.82) is 0 Å².